The monoisotopic (exact) mass is 740 g/mol. The summed E-state index contributed by atoms with van der Waals surface area (Å²) in [7, 11) is 0. The molecule has 2 amide bonds. The number of phenolic OH excluding ortho intramolecular Hbond substituents is 2. The molecule has 0 spiro atoms. The van der Waals surface area contributed by atoms with E-state index in [9.17, 15) is 34.5 Å². The van der Waals surface area contributed by atoms with Gasteiger partial charge < -0.3 is 40.8 Å². The van der Waals surface area contributed by atoms with Gasteiger partial charge >= 0.3 is 11.9 Å². The number of thiazole rings is 1. The van der Waals surface area contributed by atoms with Crippen LogP contribution in [0.3, 0.4) is 0 Å². The highest BCUT2D eigenvalue weighted by Gasteiger charge is 2.54. The van der Waals surface area contributed by atoms with Crippen molar-refractivity contribution < 1.29 is 53.5 Å². The molecule has 0 aliphatic carbocycles. The van der Waals surface area contributed by atoms with Crippen LogP contribution in [0.15, 0.2) is 80.0 Å². The van der Waals surface area contributed by atoms with Crippen LogP contribution in [-0.4, -0.2) is 87.9 Å². The number of rotatable bonds is 13. The van der Waals surface area contributed by atoms with Crippen molar-refractivity contribution in [2.45, 2.75) is 29.5 Å². The number of carbonyl (C=O) groups excluding carboxylic acids is 2. The first-order valence-corrected chi connectivity index (χ1v) is 17.3. The number of aromatic nitrogens is 3. The number of nitrogens with two attached hydrogens (primary N) is 1. The molecule has 0 saturated carbocycles. The highest BCUT2D eigenvalue weighted by atomic mass is 32.2. The average Bonchev–Trinajstić information content (AvgIpc) is 3.74. The van der Waals surface area contributed by atoms with Gasteiger partial charge in [-0.25, -0.2) is 14.6 Å². The van der Waals surface area contributed by atoms with Crippen LogP contribution in [0.1, 0.15) is 11.5 Å². The summed E-state index contributed by atoms with van der Waals surface area (Å²) < 4.78 is 6.75. The van der Waals surface area contributed by atoms with Crippen LogP contribution in [0.2, 0.25) is 0 Å². The number of hydrogen-bond donors (Lipinski definition) is 6. The standard InChI is InChI=1S/C30H25N7O10S3/c31-30-32-19(13-50-30)23(35-46-10-16-8-18(34-47-16)14-1-2-20(38)21(39)7-14)26(42)33-24-27(43)37-25(29(44)45)15(12-49-28(24)37)11-48-17-3-5-36(6-4-17)9-22(40)41/h1-8,13,24,28H,9-12H2,(H6-,31,32,33,34,35,38,39,40,41,42,44,45)/p+1/t24-,28-/m1/s1. The minimum absolute atomic E-state index is 0.0857. The number of hydrogen-bond acceptors (Lipinski definition) is 15. The van der Waals surface area contributed by atoms with Gasteiger partial charge in [-0.15, -0.1) is 34.9 Å². The number of anilines is 1. The SMILES string of the molecule is Nc1nc(/C(=N/OCc2cc(-c3ccc(O)c(O)c3)no2)C(=O)N[C@@H]2C(=O)N3C(C(=O)O)=C(CSc4cc[n+](CC(=O)O)cc4)CS[C@H]23)cs1. The Bertz CT molecular complexity index is 2050. The fraction of sp³-hybridized carbons (Fsp3) is 0.200. The van der Waals surface area contributed by atoms with Crippen molar-refractivity contribution in [1.82, 2.24) is 20.4 Å². The predicted octanol–water partition coefficient (Wildman–Crippen LogP) is 1.62. The number of carbonyl (C=O) groups is 4. The molecule has 2 aliphatic rings. The van der Waals surface area contributed by atoms with E-state index in [1.165, 1.54) is 57.7 Å². The Labute approximate surface area is 294 Å². The quantitative estimate of drug-likeness (QED) is 0.0284. The summed E-state index contributed by atoms with van der Waals surface area (Å²) in [4.78, 5) is 61.5. The molecule has 7 N–H and O–H groups in total. The minimum Gasteiger partial charge on any atom is -0.504 e. The van der Waals surface area contributed by atoms with Crippen molar-refractivity contribution in [3.05, 3.63) is 76.9 Å². The maximum absolute atomic E-state index is 13.5. The molecule has 4 aromatic rings. The number of phenols is 2. The molecule has 1 fully saturated rings. The number of aromatic hydroxyl groups is 2. The molecule has 20 heteroatoms. The molecule has 2 atom stereocenters. The van der Waals surface area contributed by atoms with Crippen LogP contribution < -0.4 is 15.6 Å². The summed E-state index contributed by atoms with van der Waals surface area (Å²) in [5, 5.41) is 49.7. The van der Waals surface area contributed by atoms with Crippen molar-refractivity contribution >= 4 is 69.5 Å². The number of nitrogens with one attached hydrogen (secondary N) is 1. The van der Waals surface area contributed by atoms with Crippen LogP contribution in [0.25, 0.3) is 11.3 Å². The van der Waals surface area contributed by atoms with Crippen LogP contribution in [0.5, 0.6) is 11.5 Å². The second kappa shape index (κ2) is 14.5. The first-order chi connectivity index (χ1) is 24.0. The first kappa shape index (κ1) is 34.3. The Hall–Kier alpha value is -5.60. The van der Waals surface area contributed by atoms with Gasteiger partial charge in [-0.1, -0.05) is 10.3 Å². The van der Waals surface area contributed by atoms with E-state index in [1.807, 2.05) is 0 Å². The number of nitrogens with zero attached hydrogens (tertiary/aromatic N) is 5. The van der Waals surface area contributed by atoms with Crippen LogP contribution in [0, 0.1) is 0 Å². The number of aliphatic carboxylic acids is 2. The summed E-state index contributed by atoms with van der Waals surface area (Å²) >= 11 is 3.71. The lowest BCUT2D eigenvalue weighted by molar-refractivity contribution is -0.686. The lowest BCUT2D eigenvalue weighted by Crippen LogP contribution is -2.71. The molecule has 17 nitrogen and oxygen atoms in total. The third kappa shape index (κ3) is 7.36. The molecule has 0 bridgehead atoms. The van der Waals surface area contributed by atoms with Crippen molar-refractivity contribution in [2.24, 2.45) is 5.16 Å². The topological polar surface area (TPSA) is 255 Å². The lowest BCUT2D eigenvalue weighted by Gasteiger charge is -2.49. The molecular formula is C30H26N7O10S3+. The average molecular weight is 741 g/mol. The molecule has 2 aliphatic heterocycles. The number of carboxylic acid groups (broad SMARTS) is 2. The number of nitrogen functional groups attached to an aromatic ring is 1. The molecule has 0 unspecified atom stereocenters. The van der Waals surface area contributed by atoms with Gasteiger partial charge in [0.05, 0.1) is 0 Å². The Balaban J connectivity index is 1.12. The molecule has 50 heavy (non-hydrogen) atoms. The second-order valence-corrected chi connectivity index (χ2v) is 13.7. The zero-order valence-electron chi connectivity index (χ0n) is 25.5. The van der Waals surface area contributed by atoms with Gasteiger partial charge in [-0.3, -0.25) is 14.5 Å². The van der Waals surface area contributed by atoms with Gasteiger partial charge in [0, 0.05) is 45.5 Å². The van der Waals surface area contributed by atoms with Gasteiger partial charge in [0.25, 0.3) is 11.8 Å². The van der Waals surface area contributed by atoms with E-state index in [1.54, 1.807) is 24.5 Å². The van der Waals surface area contributed by atoms with E-state index in [0.717, 1.165) is 21.1 Å². The lowest BCUT2D eigenvalue weighted by atomic mass is 10.0. The van der Waals surface area contributed by atoms with Crippen molar-refractivity contribution in [2.75, 3.05) is 17.2 Å². The summed E-state index contributed by atoms with van der Waals surface area (Å²) in [5.41, 5.74) is 6.76. The van der Waals surface area contributed by atoms with E-state index in [-0.39, 0.29) is 64.2 Å². The van der Waals surface area contributed by atoms with Crippen LogP contribution in [0.4, 0.5) is 5.13 Å². The largest absolute Gasteiger partial charge is 0.504 e. The van der Waals surface area contributed by atoms with Gasteiger partial charge in [0.2, 0.25) is 6.54 Å². The van der Waals surface area contributed by atoms with E-state index < -0.39 is 35.2 Å². The van der Waals surface area contributed by atoms with E-state index in [0.29, 0.717) is 16.8 Å². The second-order valence-electron chi connectivity index (χ2n) is 10.7. The van der Waals surface area contributed by atoms with Gasteiger partial charge in [-0.2, -0.15) is 4.57 Å². The number of thioether (sulfide) groups is 2. The van der Waals surface area contributed by atoms with Crippen LogP contribution >= 0.6 is 34.9 Å². The number of benzene rings is 1. The van der Waals surface area contributed by atoms with Gasteiger partial charge in [0.1, 0.15) is 28.5 Å². The Kier molecular flexibility index (Phi) is 9.93. The predicted molar refractivity (Wildman–Crippen MR) is 178 cm³/mol. The molecule has 5 heterocycles. The third-order valence-electron chi connectivity index (χ3n) is 7.30. The zero-order valence-corrected chi connectivity index (χ0v) is 27.9. The minimum atomic E-state index is -1.28. The number of amides is 2. The molecule has 6 rings (SSSR count). The fourth-order valence-corrected chi connectivity index (χ4v) is 7.85. The smallest absolute Gasteiger partial charge is 0.370 e. The fourth-order valence-electron chi connectivity index (χ4n) is 4.94. The molecule has 0 radical (unpaired) electrons. The Morgan fingerprint density at radius 2 is 1.94 bits per heavy atom. The molecular weight excluding hydrogens is 715 g/mol. The van der Waals surface area contributed by atoms with Crippen molar-refractivity contribution in [3.63, 3.8) is 0 Å². The third-order valence-corrected chi connectivity index (χ3v) is 10.4. The summed E-state index contributed by atoms with van der Waals surface area (Å²) in [6.07, 6.45) is 3.22. The summed E-state index contributed by atoms with van der Waals surface area (Å²) in [6.45, 7) is -0.453. The maximum Gasteiger partial charge on any atom is 0.370 e. The number of oxime groups is 1. The van der Waals surface area contributed by atoms with E-state index in [2.05, 4.69) is 20.6 Å². The number of β-lactam (4-membered cyclic amide) rings is 1. The maximum atomic E-state index is 13.5. The molecule has 1 aromatic carbocycles. The Morgan fingerprint density at radius 1 is 1.16 bits per heavy atom. The normalized spacial score (nSPS) is 17.2. The first-order valence-electron chi connectivity index (χ1n) is 14.4. The van der Waals surface area contributed by atoms with E-state index in [4.69, 9.17) is 20.2 Å². The zero-order chi connectivity index (χ0) is 35.5. The van der Waals surface area contributed by atoms with Crippen molar-refractivity contribution in [3.8, 4) is 22.8 Å². The van der Waals surface area contributed by atoms with E-state index >= 15 is 0 Å². The van der Waals surface area contributed by atoms with Crippen LogP contribution in [-0.2, 0) is 37.2 Å². The molecule has 258 valence electrons. The highest BCUT2D eigenvalue weighted by Crippen LogP contribution is 2.41. The summed E-state index contributed by atoms with van der Waals surface area (Å²) in [6, 6.07) is 8.03. The molecule has 1 saturated heterocycles. The summed E-state index contributed by atoms with van der Waals surface area (Å²) in [5.74, 6) is -3.53. The van der Waals surface area contributed by atoms with Gasteiger partial charge in [0.15, 0.2) is 47.1 Å². The number of fused-ring (bicyclic) bond motifs is 1. The molecule has 3 aromatic heterocycles. The van der Waals surface area contributed by atoms with Crippen molar-refractivity contribution in [1.29, 1.82) is 0 Å². The highest BCUT2D eigenvalue weighted by molar-refractivity contribution is 8.01. The number of carboxylic acids is 2. The number of pyridine rings is 1. The Morgan fingerprint density at radius 3 is 2.62 bits per heavy atom. The van der Waals surface area contributed by atoms with Gasteiger partial charge in [-0.05, 0) is 23.8 Å².